The van der Waals surface area contributed by atoms with Gasteiger partial charge in [-0.15, -0.1) is 0 Å². The number of anilines is 2. The quantitative estimate of drug-likeness (QED) is 0.766. The van der Waals surface area contributed by atoms with Crippen molar-refractivity contribution in [3.8, 4) is 0 Å². The van der Waals surface area contributed by atoms with E-state index in [1.165, 1.54) is 5.56 Å². The fourth-order valence-electron chi connectivity index (χ4n) is 1.56. The van der Waals surface area contributed by atoms with Crippen LogP contribution in [0.2, 0.25) is 0 Å². The summed E-state index contributed by atoms with van der Waals surface area (Å²) in [6.07, 6.45) is 0. The Morgan fingerprint density at radius 3 is 1.94 bits per heavy atom. The summed E-state index contributed by atoms with van der Waals surface area (Å²) in [7, 11) is 4.05. The Hall–Kier alpha value is -1.18. The van der Waals surface area contributed by atoms with Crippen molar-refractivity contribution in [3.05, 3.63) is 23.8 Å². The van der Waals surface area contributed by atoms with Gasteiger partial charge in [0.25, 0.3) is 0 Å². The first kappa shape index (κ1) is 17.2. The van der Waals surface area contributed by atoms with Crippen molar-refractivity contribution in [2.75, 3.05) is 24.7 Å². The predicted octanol–water partition coefficient (Wildman–Crippen LogP) is 4.12. The van der Waals surface area contributed by atoms with Gasteiger partial charge in [-0.05, 0) is 17.5 Å². The van der Waals surface area contributed by atoms with Gasteiger partial charge in [-0.1, -0.05) is 47.3 Å². The highest BCUT2D eigenvalue weighted by molar-refractivity contribution is 5.71. The zero-order valence-corrected chi connectivity index (χ0v) is 10.8. The van der Waals surface area contributed by atoms with Gasteiger partial charge in [0.2, 0.25) is 0 Å². The first-order chi connectivity index (χ1) is 7.04. The summed E-state index contributed by atoms with van der Waals surface area (Å²) in [6.45, 7) is 8.36. The van der Waals surface area contributed by atoms with Crippen LogP contribution < -0.4 is 10.6 Å². The molecule has 0 unspecified atom stereocenters. The van der Waals surface area contributed by atoms with Crippen molar-refractivity contribution in [2.24, 2.45) is 0 Å². The lowest BCUT2D eigenvalue weighted by molar-refractivity contribution is 0.859. The molecule has 0 fully saturated rings. The van der Waals surface area contributed by atoms with Crippen LogP contribution >= 0.6 is 0 Å². The number of para-hydroxylation sites is 1. The number of nitrogen functional groups attached to an aromatic ring is 1. The Morgan fingerprint density at radius 2 is 1.62 bits per heavy atom. The highest BCUT2D eigenvalue weighted by Crippen LogP contribution is 2.31. The molecule has 0 atom stereocenters. The van der Waals surface area contributed by atoms with Gasteiger partial charge in [-0.2, -0.15) is 0 Å². The van der Waals surface area contributed by atoms with Gasteiger partial charge in [0.15, 0.2) is 0 Å². The van der Waals surface area contributed by atoms with Crippen LogP contribution in [-0.2, 0) is 0 Å². The zero-order valence-electron chi connectivity index (χ0n) is 10.8. The Kier molecular flexibility index (Phi) is 8.64. The van der Waals surface area contributed by atoms with Gasteiger partial charge in [0.05, 0.1) is 11.4 Å². The minimum absolute atomic E-state index is 0. The number of hydrogen-bond acceptors (Lipinski definition) is 2. The molecule has 1 aromatic rings. The molecule has 16 heavy (non-hydrogen) atoms. The molecule has 0 radical (unpaired) electrons. The molecule has 2 heteroatoms. The fourth-order valence-corrected chi connectivity index (χ4v) is 1.56. The fraction of sp³-hybridized carbons (Fsp3) is 0.571. The number of rotatable bonds is 2. The van der Waals surface area contributed by atoms with E-state index in [0.29, 0.717) is 5.92 Å². The molecule has 94 valence electrons. The second-order valence-electron chi connectivity index (χ2n) is 3.83. The summed E-state index contributed by atoms with van der Waals surface area (Å²) in [5.41, 5.74) is 9.24. The molecular weight excluding hydrogens is 196 g/mol. The molecule has 2 nitrogen and oxygen atoms in total. The molecule has 1 aromatic carbocycles. The molecule has 0 spiro atoms. The van der Waals surface area contributed by atoms with Gasteiger partial charge < -0.3 is 10.6 Å². The molecule has 0 amide bonds. The van der Waals surface area contributed by atoms with Crippen molar-refractivity contribution < 1.29 is 0 Å². The van der Waals surface area contributed by atoms with E-state index in [0.717, 1.165) is 11.4 Å². The van der Waals surface area contributed by atoms with E-state index in [1.807, 2.05) is 40.1 Å². The minimum Gasteiger partial charge on any atom is -0.397 e. The lowest BCUT2D eigenvalue weighted by Gasteiger charge is -2.21. The van der Waals surface area contributed by atoms with Crippen LogP contribution in [0.3, 0.4) is 0 Å². The van der Waals surface area contributed by atoms with Crippen LogP contribution in [0.4, 0.5) is 11.4 Å². The molecule has 0 aliphatic heterocycles. The van der Waals surface area contributed by atoms with E-state index in [9.17, 15) is 0 Å². The second-order valence-corrected chi connectivity index (χ2v) is 3.83. The average Bonchev–Trinajstić information content (AvgIpc) is 2.19. The van der Waals surface area contributed by atoms with Gasteiger partial charge in [0, 0.05) is 14.1 Å². The molecule has 0 aliphatic carbocycles. The SMILES string of the molecule is C.CC.CC(C)c1cccc(N)c1N(C)C. The lowest BCUT2D eigenvalue weighted by Crippen LogP contribution is -2.14. The van der Waals surface area contributed by atoms with E-state index >= 15 is 0 Å². The molecule has 0 bridgehead atoms. The van der Waals surface area contributed by atoms with Gasteiger partial charge in [-0.25, -0.2) is 0 Å². The van der Waals surface area contributed by atoms with Crippen molar-refractivity contribution in [1.29, 1.82) is 0 Å². The van der Waals surface area contributed by atoms with E-state index in [-0.39, 0.29) is 7.43 Å². The third kappa shape index (κ3) is 4.13. The number of hydrogen-bond donors (Lipinski definition) is 1. The van der Waals surface area contributed by atoms with E-state index < -0.39 is 0 Å². The van der Waals surface area contributed by atoms with Crippen molar-refractivity contribution in [1.82, 2.24) is 0 Å². The van der Waals surface area contributed by atoms with Crippen LogP contribution in [0.5, 0.6) is 0 Å². The number of nitrogens with zero attached hydrogens (tertiary/aromatic N) is 1. The molecule has 0 saturated heterocycles. The van der Waals surface area contributed by atoms with Gasteiger partial charge >= 0.3 is 0 Å². The topological polar surface area (TPSA) is 29.3 Å². The van der Waals surface area contributed by atoms with E-state index in [2.05, 4.69) is 24.8 Å². The van der Waals surface area contributed by atoms with Gasteiger partial charge in [-0.3, -0.25) is 0 Å². The Morgan fingerprint density at radius 1 is 1.12 bits per heavy atom. The summed E-state index contributed by atoms with van der Waals surface area (Å²) in [6, 6.07) is 6.09. The smallest absolute Gasteiger partial charge is 0.0629 e. The van der Waals surface area contributed by atoms with Crippen molar-refractivity contribution in [2.45, 2.75) is 41.0 Å². The maximum atomic E-state index is 5.92. The Balaban J connectivity index is 0. The van der Waals surface area contributed by atoms with E-state index in [1.54, 1.807) is 0 Å². The van der Waals surface area contributed by atoms with Crippen LogP contribution in [0.1, 0.15) is 46.6 Å². The van der Waals surface area contributed by atoms with Crippen LogP contribution in [0, 0.1) is 0 Å². The van der Waals surface area contributed by atoms with Crippen LogP contribution in [0.15, 0.2) is 18.2 Å². The van der Waals surface area contributed by atoms with Crippen LogP contribution in [-0.4, -0.2) is 14.1 Å². The molecule has 0 saturated carbocycles. The summed E-state index contributed by atoms with van der Waals surface area (Å²) < 4.78 is 0. The number of benzene rings is 1. The van der Waals surface area contributed by atoms with Crippen molar-refractivity contribution >= 4 is 11.4 Å². The molecule has 1 rings (SSSR count). The average molecular weight is 224 g/mol. The molecule has 0 aromatic heterocycles. The largest absolute Gasteiger partial charge is 0.397 e. The standard InChI is InChI=1S/C11H18N2.C2H6.CH4/c1-8(2)9-6-5-7-10(12)11(9)13(3)4;1-2;/h5-8H,12H2,1-4H3;1-2H3;1H4. The highest BCUT2D eigenvalue weighted by Gasteiger charge is 2.10. The Labute approximate surface area is 101 Å². The lowest BCUT2D eigenvalue weighted by atomic mass is 10.00. The Bertz CT molecular complexity index is 291. The third-order valence-electron chi connectivity index (χ3n) is 2.17. The maximum Gasteiger partial charge on any atom is 0.0629 e. The maximum absolute atomic E-state index is 5.92. The summed E-state index contributed by atoms with van der Waals surface area (Å²) in [5.74, 6) is 0.515. The minimum atomic E-state index is 0. The zero-order chi connectivity index (χ0) is 12.0. The molecule has 0 aliphatic rings. The molecule has 0 heterocycles. The third-order valence-corrected chi connectivity index (χ3v) is 2.17. The van der Waals surface area contributed by atoms with E-state index in [4.69, 9.17) is 5.73 Å². The normalized spacial score (nSPS) is 8.94. The number of nitrogens with two attached hydrogens (primary N) is 1. The van der Waals surface area contributed by atoms with Crippen LogP contribution in [0.25, 0.3) is 0 Å². The van der Waals surface area contributed by atoms with Crippen molar-refractivity contribution in [3.63, 3.8) is 0 Å². The molecular formula is C14H28N2. The highest BCUT2D eigenvalue weighted by atomic mass is 15.1. The molecule has 2 N–H and O–H groups in total. The first-order valence-corrected chi connectivity index (χ1v) is 5.59. The monoisotopic (exact) mass is 224 g/mol. The summed E-state index contributed by atoms with van der Waals surface area (Å²) >= 11 is 0. The predicted molar refractivity (Wildman–Crippen MR) is 77.3 cm³/mol. The second kappa shape index (κ2) is 8.03. The summed E-state index contributed by atoms with van der Waals surface area (Å²) in [4.78, 5) is 2.07. The van der Waals surface area contributed by atoms with Gasteiger partial charge in [0.1, 0.15) is 0 Å². The first-order valence-electron chi connectivity index (χ1n) is 5.59. The summed E-state index contributed by atoms with van der Waals surface area (Å²) in [5, 5.41) is 0.